The summed E-state index contributed by atoms with van der Waals surface area (Å²) in [7, 11) is 0. The second kappa shape index (κ2) is 4.56. The minimum Gasteiger partial charge on any atom is -0.268 e. The Balaban J connectivity index is 2.15. The van der Waals surface area contributed by atoms with Gasteiger partial charge in [-0.1, -0.05) is 48.5 Å². The van der Waals surface area contributed by atoms with E-state index in [2.05, 4.69) is 4.98 Å². The molecule has 0 saturated heterocycles. The van der Waals surface area contributed by atoms with E-state index < -0.39 is 0 Å². The maximum absolute atomic E-state index is 12.9. The molecule has 0 atom stereocenters. The summed E-state index contributed by atoms with van der Waals surface area (Å²) in [5, 5.41) is 2.66. The van der Waals surface area contributed by atoms with Gasteiger partial charge >= 0.3 is 0 Å². The van der Waals surface area contributed by atoms with E-state index in [1.54, 1.807) is 10.9 Å². The first-order valence-corrected chi connectivity index (χ1v) is 6.79. The number of fused-ring (bicyclic) bond motifs is 3. The van der Waals surface area contributed by atoms with Gasteiger partial charge < -0.3 is 0 Å². The molecular formula is C18H12N2O. The van der Waals surface area contributed by atoms with Gasteiger partial charge in [-0.3, -0.25) is 9.36 Å². The second-order valence-corrected chi connectivity index (χ2v) is 4.94. The number of benzene rings is 3. The Bertz CT molecular complexity index is 1000. The van der Waals surface area contributed by atoms with Gasteiger partial charge in [0.25, 0.3) is 5.56 Å². The predicted octanol–water partition coefficient (Wildman–Crippen LogP) is 3.54. The Kier molecular flexibility index (Phi) is 2.57. The van der Waals surface area contributed by atoms with Crippen molar-refractivity contribution < 1.29 is 0 Å². The molecule has 3 aromatic carbocycles. The molecule has 3 heteroatoms. The Labute approximate surface area is 121 Å². The smallest absolute Gasteiger partial charge is 0.266 e. The minimum atomic E-state index is -0.0389. The first kappa shape index (κ1) is 11.9. The van der Waals surface area contributed by atoms with Crippen LogP contribution in [0.1, 0.15) is 0 Å². The highest BCUT2D eigenvalue weighted by atomic mass is 16.1. The molecule has 0 N–H and O–H groups in total. The normalized spacial score (nSPS) is 11.0. The Hall–Kier alpha value is -2.94. The Morgan fingerprint density at radius 1 is 0.810 bits per heavy atom. The first-order valence-electron chi connectivity index (χ1n) is 6.79. The lowest BCUT2D eigenvalue weighted by Crippen LogP contribution is -2.18. The van der Waals surface area contributed by atoms with Crippen molar-refractivity contribution in [2.75, 3.05) is 0 Å². The maximum Gasteiger partial charge on any atom is 0.266 e. The number of hydrogen-bond donors (Lipinski definition) is 0. The van der Waals surface area contributed by atoms with Crippen molar-refractivity contribution >= 4 is 21.7 Å². The van der Waals surface area contributed by atoms with Gasteiger partial charge in [0.1, 0.15) is 6.33 Å². The molecule has 0 saturated carbocycles. The van der Waals surface area contributed by atoms with E-state index in [1.807, 2.05) is 66.7 Å². The fourth-order valence-electron chi connectivity index (χ4n) is 2.66. The summed E-state index contributed by atoms with van der Waals surface area (Å²) in [6.45, 7) is 0. The molecule has 4 rings (SSSR count). The lowest BCUT2D eigenvalue weighted by molar-refractivity contribution is 0.965. The monoisotopic (exact) mass is 272 g/mol. The van der Waals surface area contributed by atoms with E-state index >= 15 is 0 Å². The largest absolute Gasteiger partial charge is 0.268 e. The van der Waals surface area contributed by atoms with Crippen LogP contribution in [-0.4, -0.2) is 9.55 Å². The zero-order valence-corrected chi connectivity index (χ0v) is 11.2. The number of hydrogen-bond acceptors (Lipinski definition) is 2. The average Bonchev–Trinajstić information content (AvgIpc) is 2.55. The van der Waals surface area contributed by atoms with E-state index in [9.17, 15) is 4.79 Å². The van der Waals surface area contributed by atoms with Gasteiger partial charge in [0.05, 0.1) is 16.6 Å². The molecule has 0 aliphatic carbocycles. The third-order valence-electron chi connectivity index (χ3n) is 3.69. The van der Waals surface area contributed by atoms with Crippen molar-refractivity contribution in [3.05, 3.63) is 83.4 Å². The predicted molar refractivity (Wildman–Crippen MR) is 84.8 cm³/mol. The molecule has 0 unspecified atom stereocenters. The molecule has 1 aromatic heterocycles. The Morgan fingerprint density at radius 3 is 2.43 bits per heavy atom. The van der Waals surface area contributed by atoms with Crippen molar-refractivity contribution in [1.82, 2.24) is 9.55 Å². The molecule has 3 nitrogen and oxygen atoms in total. The number of para-hydroxylation sites is 1. The van der Waals surface area contributed by atoms with Crippen molar-refractivity contribution in [3.8, 4) is 5.69 Å². The summed E-state index contributed by atoms with van der Waals surface area (Å²) >= 11 is 0. The average molecular weight is 272 g/mol. The van der Waals surface area contributed by atoms with Crippen LogP contribution < -0.4 is 5.56 Å². The second-order valence-electron chi connectivity index (χ2n) is 4.94. The summed E-state index contributed by atoms with van der Waals surface area (Å²) < 4.78 is 1.59. The van der Waals surface area contributed by atoms with Gasteiger partial charge in [-0.25, -0.2) is 4.98 Å². The van der Waals surface area contributed by atoms with E-state index in [1.165, 1.54) is 0 Å². The Morgan fingerprint density at radius 2 is 1.57 bits per heavy atom. The van der Waals surface area contributed by atoms with Crippen LogP contribution in [0.4, 0.5) is 0 Å². The van der Waals surface area contributed by atoms with E-state index in [0.29, 0.717) is 5.39 Å². The molecular weight excluding hydrogens is 260 g/mol. The quantitative estimate of drug-likeness (QED) is 0.497. The fraction of sp³-hybridized carbons (Fsp3) is 0. The fourth-order valence-corrected chi connectivity index (χ4v) is 2.66. The molecule has 0 spiro atoms. The standard InChI is InChI=1S/C18H12N2O/c21-18-17-15-9-5-4-6-13(15)10-11-16(17)19-12-20(18)14-7-2-1-3-8-14/h1-12H. The molecule has 1 heterocycles. The van der Waals surface area contributed by atoms with Crippen molar-refractivity contribution in [2.45, 2.75) is 0 Å². The molecule has 0 aliphatic heterocycles. The zero-order chi connectivity index (χ0) is 14.2. The van der Waals surface area contributed by atoms with Crippen molar-refractivity contribution in [1.29, 1.82) is 0 Å². The molecule has 21 heavy (non-hydrogen) atoms. The highest BCUT2D eigenvalue weighted by Crippen LogP contribution is 2.21. The summed E-state index contributed by atoms with van der Waals surface area (Å²) in [5.74, 6) is 0. The molecule has 0 bridgehead atoms. The van der Waals surface area contributed by atoms with E-state index in [4.69, 9.17) is 0 Å². The van der Waals surface area contributed by atoms with Gasteiger partial charge in [0.15, 0.2) is 0 Å². The zero-order valence-electron chi connectivity index (χ0n) is 11.2. The topological polar surface area (TPSA) is 34.9 Å². The maximum atomic E-state index is 12.9. The van der Waals surface area contributed by atoms with Crippen LogP contribution >= 0.6 is 0 Å². The first-order chi connectivity index (χ1) is 10.3. The van der Waals surface area contributed by atoms with Crippen LogP contribution in [0.5, 0.6) is 0 Å². The highest BCUT2D eigenvalue weighted by molar-refractivity contribution is 6.05. The summed E-state index contributed by atoms with van der Waals surface area (Å²) in [6, 6.07) is 21.3. The molecule has 100 valence electrons. The third kappa shape index (κ3) is 1.82. The van der Waals surface area contributed by atoms with E-state index in [0.717, 1.165) is 22.0 Å². The molecule has 0 fully saturated rings. The highest BCUT2D eigenvalue weighted by Gasteiger charge is 2.08. The molecule has 0 amide bonds. The molecule has 0 radical (unpaired) electrons. The minimum absolute atomic E-state index is 0.0389. The number of aromatic nitrogens is 2. The molecule has 4 aromatic rings. The van der Waals surface area contributed by atoms with Crippen LogP contribution in [0.2, 0.25) is 0 Å². The van der Waals surface area contributed by atoms with Gasteiger partial charge in [-0.15, -0.1) is 0 Å². The summed E-state index contributed by atoms with van der Waals surface area (Å²) in [6.07, 6.45) is 1.59. The SMILES string of the molecule is O=c1c2c(ccc3ccccc32)ncn1-c1ccccc1. The summed E-state index contributed by atoms with van der Waals surface area (Å²) in [5.41, 5.74) is 1.51. The van der Waals surface area contributed by atoms with Crippen LogP contribution in [-0.2, 0) is 0 Å². The van der Waals surface area contributed by atoms with Gasteiger partial charge in [-0.2, -0.15) is 0 Å². The summed E-state index contributed by atoms with van der Waals surface area (Å²) in [4.78, 5) is 17.3. The third-order valence-corrected chi connectivity index (χ3v) is 3.69. The number of nitrogens with zero attached hydrogens (tertiary/aromatic N) is 2. The van der Waals surface area contributed by atoms with Crippen molar-refractivity contribution in [2.24, 2.45) is 0 Å². The van der Waals surface area contributed by atoms with E-state index in [-0.39, 0.29) is 5.56 Å². The van der Waals surface area contributed by atoms with Crippen LogP contribution in [0, 0.1) is 0 Å². The lowest BCUT2D eigenvalue weighted by atomic mass is 10.1. The lowest BCUT2D eigenvalue weighted by Gasteiger charge is -2.08. The van der Waals surface area contributed by atoms with Crippen LogP contribution in [0.25, 0.3) is 27.4 Å². The van der Waals surface area contributed by atoms with Gasteiger partial charge in [0, 0.05) is 0 Å². The van der Waals surface area contributed by atoms with Gasteiger partial charge in [0.2, 0.25) is 0 Å². The molecule has 0 aliphatic rings. The van der Waals surface area contributed by atoms with Crippen LogP contribution in [0.3, 0.4) is 0 Å². The van der Waals surface area contributed by atoms with Crippen LogP contribution in [0.15, 0.2) is 77.9 Å². The van der Waals surface area contributed by atoms with Crippen molar-refractivity contribution in [3.63, 3.8) is 0 Å². The van der Waals surface area contributed by atoms with Gasteiger partial charge in [-0.05, 0) is 29.0 Å². The number of rotatable bonds is 1.